The molecule has 0 radical (unpaired) electrons. The molecule has 1 aromatic carbocycles. The average molecular weight is 201 g/mol. The zero-order valence-electron chi connectivity index (χ0n) is 8.90. The zero-order chi connectivity index (χ0) is 10.7. The van der Waals surface area contributed by atoms with Gasteiger partial charge in [0.15, 0.2) is 0 Å². The van der Waals surface area contributed by atoms with Crippen LogP contribution >= 0.6 is 0 Å². The summed E-state index contributed by atoms with van der Waals surface area (Å²) in [5, 5.41) is 10.4. The number of rotatable bonds is 3. The van der Waals surface area contributed by atoms with Crippen molar-refractivity contribution in [3.8, 4) is 5.75 Å². The Morgan fingerprint density at radius 1 is 1.27 bits per heavy atom. The van der Waals surface area contributed by atoms with Gasteiger partial charge in [0.05, 0.1) is 11.7 Å². The third kappa shape index (κ3) is 2.27. The predicted octanol–water partition coefficient (Wildman–Crippen LogP) is 3.28. The highest BCUT2D eigenvalue weighted by atomic mass is 16.3. The molecule has 0 unspecified atom stereocenters. The van der Waals surface area contributed by atoms with E-state index in [0.29, 0.717) is 0 Å². The van der Waals surface area contributed by atoms with Crippen LogP contribution in [-0.4, -0.2) is 10.1 Å². The second-order valence-electron chi connectivity index (χ2n) is 3.82. The summed E-state index contributed by atoms with van der Waals surface area (Å²) >= 11 is 0. The van der Waals surface area contributed by atoms with Crippen molar-refractivity contribution in [2.45, 2.75) is 26.2 Å². The normalized spacial score (nSPS) is 10.7. The molecule has 2 heteroatoms. The Morgan fingerprint density at radius 2 is 2.13 bits per heavy atom. The van der Waals surface area contributed by atoms with E-state index in [1.807, 2.05) is 6.07 Å². The molecule has 2 aromatic rings. The summed E-state index contributed by atoms with van der Waals surface area (Å²) < 4.78 is 0. The van der Waals surface area contributed by atoms with Crippen LogP contribution in [0.25, 0.3) is 10.9 Å². The van der Waals surface area contributed by atoms with Crippen molar-refractivity contribution < 1.29 is 5.11 Å². The highest BCUT2D eigenvalue weighted by Crippen LogP contribution is 2.19. The Labute approximate surface area is 89.6 Å². The van der Waals surface area contributed by atoms with Crippen LogP contribution in [0, 0.1) is 0 Å². The zero-order valence-corrected chi connectivity index (χ0v) is 8.90. The van der Waals surface area contributed by atoms with Crippen molar-refractivity contribution in [3.63, 3.8) is 0 Å². The molecule has 78 valence electrons. The van der Waals surface area contributed by atoms with E-state index in [1.165, 1.54) is 24.6 Å². The first-order valence-corrected chi connectivity index (χ1v) is 5.37. The van der Waals surface area contributed by atoms with Crippen molar-refractivity contribution in [2.24, 2.45) is 0 Å². The fourth-order valence-corrected chi connectivity index (χ4v) is 1.71. The molecule has 0 spiro atoms. The van der Waals surface area contributed by atoms with Crippen LogP contribution in [0.2, 0.25) is 0 Å². The lowest BCUT2D eigenvalue weighted by atomic mass is 10.1. The van der Waals surface area contributed by atoms with Crippen LogP contribution in [0.3, 0.4) is 0 Å². The highest BCUT2D eigenvalue weighted by molar-refractivity contribution is 5.80. The Bertz CT molecular complexity index is 465. The van der Waals surface area contributed by atoms with E-state index in [9.17, 15) is 5.11 Å². The van der Waals surface area contributed by atoms with Gasteiger partial charge in [-0.3, -0.25) is 4.98 Å². The Morgan fingerprint density at radius 3 is 2.93 bits per heavy atom. The van der Waals surface area contributed by atoms with Gasteiger partial charge in [-0.2, -0.15) is 0 Å². The van der Waals surface area contributed by atoms with E-state index in [1.54, 1.807) is 6.07 Å². The number of aryl methyl sites for hydroxylation is 1. The molecule has 0 bridgehead atoms. The van der Waals surface area contributed by atoms with Gasteiger partial charge in [0.2, 0.25) is 0 Å². The molecule has 0 saturated carbocycles. The van der Waals surface area contributed by atoms with Gasteiger partial charge in [-0.05, 0) is 36.6 Å². The number of pyridine rings is 1. The van der Waals surface area contributed by atoms with Gasteiger partial charge >= 0.3 is 0 Å². The summed E-state index contributed by atoms with van der Waals surface area (Å²) in [5.74, 6) is 0.232. The third-order valence-corrected chi connectivity index (χ3v) is 2.55. The van der Waals surface area contributed by atoms with Crippen LogP contribution in [0.1, 0.15) is 25.3 Å². The Hall–Kier alpha value is -1.57. The van der Waals surface area contributed by atoms with Crippen molar-refractivity contribution in [1.82, 2.24) is 4.98 Å². The van der Waals surface area contributed by atoms with Crippen LogP contribution in [0.4, 0.5) is 0 Å². The van der Waals surface area contributed by atoms with E-state index in [0.717, 1.165) is 17.3 Å². The number of unbranched alkanes of at least 4 members (excludes halogenated alkanes) is 1. The fraction of sp³-hybridized carbons (Fsp3) is 0.308. The fourth-order valence-electron chi connectivity index (χ4n) is 1.71. The molecule has 0 aliphatic carbocycles. The lowest BCUT2D eigenvalue weighted by Gasteiger charge is -2.02. The largest absolute Gasteiger partial charge is 0.506 e. The number of nitrogens with zero attached hydrogens (tertiary/aromatic N) is 1. The van der Waals surface area contributed by atoms with E-state index in [2.05, 4.69) is 24.0 Å². The smallest absolute Gasteiger partial charge is 0.134 e. The first-order chi connectivity index (χ1) is 7.29. The Kier molecular flexibility index (Phi) is 2.86. The van der Waals surface area contributed by atoms with Crippen molar-refractivity contribution in [2.75, 3.05) is 0 Å². The van der Waals surface area contributed by atoms with E-state index < -0.39 is 0 Å². The maximum Gasteiger partial charge on any atom is 0.134 e. The SMILES string of the molecule is CCCCc1ccc2ncc(O)cc2c1. The quantitative estimate of drug-likeness (QED) is 0.826. The molecule has 0 atom stereocenters. The third-order valence-electron chi connectivity index (χ3n) is 2.55. The number of benzene rings is 1. The predicted molar refractivity (Wildman–Crippen MR) is 62.0 cm³/mol. The van der Waals surface area contributed by atoms with Crippen LogP contribution in [-0.2, 0) is 6.42 Å². The number of aromatic nitrogens is 1. The monoisotopic (exact) mass is 201 g/mol. The molecule has 2 nitrogen and oxygen atoms in total. The summed E-state index contributed by atoms with van der Waals surface area (Å²) in [6.07, 6.45) is 4.99. The second kappa shape index (κ2) is 4.30. The summed E-state index contributed by atoms with van der Waals surface area (Å²) in [6, 6.07) is 8.00. The first kappa shape index (κ1) is 9.97. The molecule has 15 heavy (non-hydrogen) atoms. The van der Waals surface area contributed by atoms with E-state index >= 15 is 0 Å². The summed E-state index contributed by atoms with van der Waals surface area (Å²) in [6.45, 7) is 2.19. The standard InChI is InChI=1S/C13H15NO/c1-2-3-4-10-5-6-13-11(7-10)8-12(15)9-14-13/h5-9,15H,2-4H2,1H3. The van der Waals surface area contributed by atoms with Crippen LogP contribution in [0.5, 0.6) is 5.75 Å². The summed E-state index contributed by atoms with van der Waals surface area (Å²) in [4.78, 5) is 4.15. The number of hydrogen-bond acceptors (Lipinski definition) is 2. The topological polar surface area (TPSA) is 33.1 Å². The molecule has 1 N–H and O–H groups in total. The molecular formula is C13H15NO. The number of hydrogen-bond donors (Lipinski definition) is 1. The van der Waals surface area contributed by atoms with Crippen LogP contribution in [0.15, 0.2) is 30.5 Å². The summed E-state index contributed by atoms with van der Waals surface area (Å²) in [7, 11) is 0. The van der Waals surface area contributed by atoms with Gasteiger partial charge in [-0.25, -0.2) is 0 Å². The summed E-state index contributed by atoms with van der Waals surface area (Å²) in [5.41, 5.74) is 2.25. The lowest BCUT2D eigenvalue weighted by molar-refractivity contribution is 0.474. The van der Waals surface area contributed by atoms with Crippen molar-refractivity contribution >= 4 is 10.9 Å². The van der Waals surface area contributed by atoms with Gasteiger partial charge < -0.3 is 5.11 Å². The molecule has 2 rings (SSSR count). The van der Waals surface area contributed by atoms with Crippen molar-refractivity contribution in [3.05, 3.63) is 36.0 Å². The molecule has 0 saturated heterocycles. The number of fused-ring (bicyclic) bond motifs is 1. The molecule has 0 amide bonds. The maximum atomic E-state index is 9.33. The number of aromatic hydroxyl groups is 1. The molecule has 1 aromatic heterocycles. The lowest BCUT2D eigenvalue weighted by Crippen LogP contribution is -1.86. The van der Waals surface area contributed by atoms with Gasteiger partial charge in [-0.15, -0.1) is 0 Å². The van der Waals surface area contributed by atoms with Crippen LogP contribution < -0.4 is 0 Å². The Balaban J connectivity index is 2.36. The molecule has 0 aliphatic heterocycles. The maximum absolute atomic E-state index is 9.33. The second-order valence-corrected chi connectivity index (χ2v) is 3.82. The van der Waals surface area contributed by atoms with Crippen molar-refractivity contribution in [1.29, 1.82) is 0 Å². The van der Waals surface area contributed by atoms with E-state index in [4.69, 9.17) is 0 Å². The van der Waals surface area contributed by atoms with Gasteiger partial charge in [0.1, 0.15) is 5.75 Å². The highest BCUT2D eigenvalue weighted by Gasteiger charge is 1.98. The van der Waals surface area contributed by atoms with E-state index in [-0.39, 0.29) is 5.75 Å². The molecule has 0 aliphatic rings. The minimum atomic E-state index is 0.232. The first-order valence-electron chi connectivity index (χ1n) is 5.37. The minimum absolute atomic E-state index is 0.232. The van der Waals surface area contributed by atoms with Gasteiger partial charge in [-0.1, -0.05) is 19.4 Å². The molecule has 0 fully saturated rings. The molecule has 1 heterocycles. The average Bonchev–Trinajstić information content (AvgIpc) is 2.25. The molecular weight excluding hydrogens is 186 g/mol. The van der Waals surface area contributed by atoms with Gasteiger partial charge in [0, 0.05) is 5.39 Å². The van der Waals surface area contributed by atoms with Gasteiger partial charge in [0.25, 0.3) is 0 Å². The minimum Gasteiger partial charge on any atom is -0.506 e.